The summed E-state index contributed by atoms with van der Waals surface area (Å²) in [6.45, 7) is 15.9. The van der Waals surface area contributed by atoms with E-state index in [0.29, 0.717) is 0 Å². The molecular formula is C13H26. The highest BCUT2D eigenvalue weighted by molar-refractivity contribution is 5.18. The first-order valence-corrected chi connectivity index (χ1v) is 5.14. The van der Waals surface area contributed by atoms with Gasteiger partial charge in [0, 0.05) is 0 Å². The van der Waals surface area contributed by atoms with E-state index in [-0.39, 0.29) is 0 Å². The first kappa shape index (κ1) is 18.1. The van der Waals surface area contributed by atoms with Gasteiger partial charge >= 0.3 is 0 Å². The molecule has 0 radical (unpaired) electrons. The highest BCUT2D eigenvalue weighted by Crippen LogP contribution is 1.92. The monoisotopic (exact) mass is 182 g/mol. The Kier molecular flexibility index (Phi) is 31.3. The molecule has 0 aromatic heterocycles. The van der Waals surface area contributed by atoms with Crippen LogP contribution < -0.4 is 0 Å². The minimum Gasteiger partial charge on any atom is -0.0991 e. The number of allylic oxidation sites excluding steroid dienone is 5. The van der Waals surface area contributed by atoms with Gasteiger partial charge in [0.2, 0.25) is 0 Å². The fourth-order valence-electron chi connectivity index (χ4n) is 0.316. The summed E-state index contributed by atoms with van der Waals surface area (Å²) in [5.41, 5.74) is 1.27. The van der Waals surface area contributed by atoms with Crippen LogP contribution in [0.1, 0.15) is 48.0 Å². The molecule has 0 rings (SSSR count). The van der Waals surface area contributed by atoms with Gasteiger partial charge in [-0.1, -0.05) is 70.6 Å². The van der Waals surface area contributed by atoms with Gasteiger partial charge in [-0.3, -0.25) is 0 Å². The third-order valence-electron chi connectivity index (χ3n) is 0.951. The molecule has 0 spiro atoms. The Balaban J connectivity index is -0.000000169. The molecule has 13 heavy (non-hydrogen) atoms. The third-order valence-corrected chi connectivity index (χ3v) is 0.951. The Morgan fingerprint density at radius 2 is 1.62 bits per heavy atom. The van der Waals surface area contributed by atoms with Crippen LogP contribution in [0, 0.1) is 0 Å². The van der Waals surface area contributed by atoms with Crippen molar-refractivity contribution in [2.45, 2.75) is 48.0 Å². The highest BCUT2D eigenvalue weighted by atomic mass is 13.8. The van der Waals surface area contributed by atoms with Crippen molar-refractivity contribution in [2.75, 3.05) is 0 Å². The van der Waals surface area contributed by atoms with Gasteiger partial charge in [-0.15, -0.1) is 0 Å². The van der Waals surface area contributed by atoms with Gasteiger partial charge in [0.15, 0.2) is 0 Å². The number of hydrogen-bond donors (Lipinski definition) is 0. The first-order chi connectivity index (χ1) is 6.22. The van der Waals surface area contributed by atoms with E-state index in [4.69, 9.17) is 0 Å². The van der Waals surface area contributed by atoms with Gasteiger partial charge in [-0.05, 0) is 13.8 Å². The summed E-state index contributed by atoms with van der Waals surface area (Å²) in [4.78, 5) is 0. The topological polar surface area (TPSA) is 0 Å². The average molecular weight is 182 g/mol. The molecule has 0 fully saturated rings. The molecule has 0 heteroatoms. The van der Waals surface area contributed by atoms with Crippen molar-refractivity contribution < 1.29 is 0 Å². The average Bonchev–Trinajstić information content (AvgIpc) is 2.18. The molecule has 0 unspecified atom stereocenters. The lowest BCUT2D eigenvalue weighted by Crippen LogP contribution is -1.60. The quantitative estimate of drug-likeness (QED) is 0.519. The molecule has 0 amide bonds. The minimum atomic E-state index is 1.25. The lowest BCUT2D eigenvalue weighted by atomic mass is 10.3. The molecule has 0 N–H and O–H groups in total. The number of hydrogen-bond acceptors (Lipinski definition) is 0. The van der Waals surface area contributed by atoms with Crippen LogP contribution in [0.5, 0.6) is 0 Å². The molecule has 0 heterocycles. The number of rotatable bonds is 2. The molecule has 0 aromatic carbocycles. The lowest BCUT2D eigenvalue weighted by molar-refractivity contribution is 1.09. The predicted molar refractivity (Wildman–Crippen MR) is 66.1 cm³/mol. The van der Waals surface area contributed by atoms with E-state index in [1.807, 2.05) is 32.9 Å². The summed E-state index contributed by atoms with van der Waals surface area (Å²) >= 11 is 0. The Bertz CT molecular complexity index is 127. The fourth-order valence-corrected chi connectivity index (χ4v) is 0.316. The van der Waals surface area contributed by atoms with Gasteiger partial charge in [-0.25, -0.2) is 0 Å². The van der Waals surface area contributed by atoms with E-state index < -0.39 is 0 Å². The van der Waals surface area contributed by atoms with E-state index in [1.165, 1.54) is 12.0 Å². The van der Waals surface area contributed by atoms with Gasteiger partial charge < -0.3 is 0 Å². The molecule has 0 aliphatic carbocycles. The SMILES string of the molecule is C=C/C=C\C(C)=C/C.CC.CCC. The lowest BCUT2D eigenvalue weighted by Gasteiger charge is -1.82. The summed E-state index contributed by atoms with van der Waals surface area (Å²) in [5.74, 6) is 0. The summed E-state index contributed by atoms with van der Waals surface area (Å²) < 4.78 is 0. The van der Waals surface area contributed by atoms with Crippen LogP contribution in [0.3, 0.4) is 0 Å². The van der Waals surface area contributed by atoms with Crippen molar-refractivity contribution in [2.24, 2.45) is 0 Å². The maximum atomic E-state index is 3.55. The standard InChI is InChI=1S/C8H12.C3H8.C2H6/c1-4-6-7-8(3)5-2;1-3-2;1-2/h4-7H,1H2,2-3H3;3H2,1-2H3;1-2H3/b7-6-,8-5-;;. The van der Waals surface area contributed by atoms with Crippen molar-refractivity contribution in [3.05, 3.63) is 36.5 Å². The van der Waals surface area contributed by atoms with Crippen molar-refractivity contribution in [1.29, 1.82) is 0 Å². The maximum Gasteiger partial charge on any atom is -0.0401 e. The van der Waals surface area contributed by atoms with Gasteiger partial charge in [-0.2, -0.15) is 0 Å². The summed E-state index contributed by atoms with van der Waals surface area (Å²) in [6, 6.07) is 0. The highest BCUT2D eigenvalue weighted by Gasteiger charge is 1.70. The Hall–Kier alpha value is -0.780. The van der Waals surface area contributed by atoms with Crippen molar-refractivity contribution in [3.8, 4) is 0 Å². The van der Waals surface area contributed by atoms with Crippen molar-refractivity contribution >= 4 is 0 Å². The second kappa shape index (κ2) is 22.5. The molecule has 0 aromatic rings. The molecule has 0 atom stereocenters. The maximum absolute atomic E-state index is 3.55. The second-order valence-electron chi connectivity index (χ2n) is 2.33. The van der Waals surface area contributed by atoms with Crippen LogP contribution in [0.4, 0.5) is 0 Å². The van der Waals surface area contributed by atoms with Crippen molar-refractivity contribution in [1.82, 2.24) is 0 Å². The van der Waals surface area contributed by atoms with Crippen molar-refractivity contribution in [3.63, 3.8) is 0 Å². The molecular weight excluding hydrogens is 156 g/mol. The molecule has 0 aliphatic heterocycles. The normalized spacial score (nSPS) is 9.54. The van der Waals surface area contributed by atoms with Crippen LogP contribution in [0.25, 0.3) is 0 Å². The van der Waals surface area contributed by atoms with Crippen LogP contribution in [-0.2, 0) is 0 Å². The minimum absolute atomic E-state index is 1.25. The zero-order valence-electron chi connectivity index (χ0n) is 10.2. The molecule has 0 nitrogen and oxygen atoms in total. The van der Waals surface area contributed by atoms with Crippen LogP contribution in [-0.4, -0.2) is 0 Å². The summed E-state index contributed by atoms with van der Waals surface area (Å²) in [5, 5.41) is 0. The Labute approximate surface area is 85.1 Å². The van der Waals surface area contributed by atoms with E-state index >= 15 is 0 Å². The molecule has 0 saturated carbocycles. The fraction of sp³-hybridized carbons (Fsp3) is 0.538. The van der Waals surface area contributed by atoms with Crippen LogP contribution in [0.15, 0.2) is 36.5 Å². The van der Waals surface area contributed by atoms with E-state index in [2.05, 4.69) is 33.4 Å². The van der Waals surface area contributed by atoms with Gasteiger partial charge in [0.25, 0.3) is 0 Å². The largest absolute Gasteiger partial charge is 0.0991 e. The smallest absolute Gasteiger partial charge is 0.0401 e. The van der Waals surface area contributed by atoms with Gasteiger partial charge in [0.05, 0.1) is 0 Å². The van der Waals surface area contributed by atoms with E-state index in [1.54, 1.807) is 6.08 Å². The van der Waals surface area contributed by atoms with Crippen LogP contribution >= 0.6 is 0 Å². The van der Waals surface area contributed by atoms with Gasteiger partial charge in [0.1, 0.15) is 0 Å². The Morgan fingerprint density at radius 1 is 1.23 bits per heavy atom. The molecule has 78 valence electrons. The van der Waals surface area contributed by atoms with E-state index in [0.717, 1.165) is 0 Å². The molecule has 0 bridgehead atoms. The summed E-state index contributed by atoms with van der Waals surface area (Å²) in [7, 11) is 0. The zero-order valence-corrected chi connectivity index (χ0v) is 10.2. The van der Waals surface area contributed by atoms with Crippen LogP contribution in [0.2, 0.25) is 0 Å². The zero-order chi connectivity index (χ0) is 11.1. The molecule has 0 saturated heterocycles. The first-order valence-electron chi connectivity index (χ1n) is 5.14. The molecule has 0 aliphatic rings. The Morgan fingerprint density at radius 3 is 1.85 bits per heavy atom. The van der Waals surface area contributed by atoms with E-state index in [9.17, 15) is 0 Å². The third kappa shape index (κ3) is 35.0. The summed E-state index contributed by atoms with van der Waals surface area (Å²) in [6.07, 6.45) is 9.02. The second-order valence-corrected chi connectivity index (χ2v) is 2.33. The predicted octanol–water partition coefficient (Wildman–Crippen LogP) is 5.14.